The van der Waals surface area contributed by atoms with E-state index in [2.05, 4.69) is 0 Å². The molecule has 1 saturated heterocycles. The fourth-order valence-corrected chi connectivity index (χ4v) is 4.77. The average molecular weight is 290 g/mol. The number of aliphatic hydroxyl groups excluding tert-OH is 1. The first-order valence-corrected chi connectivity index (χ1v) is 7.33. The Bertz CT molecular complexity index is 424. The van der Waals surface area contributed by atoms with Gasteiger partial charge >= 0.3 is 5.97 Å². The molecular weight excluding hydrogens is 276 g/mol. The van der Waals surface area contributed by atoms with E-state index in [-0.39, 0.29) is 17.0 Å². The van der Waals surface area contributed by atoms with Crippen LogP contribution in [0.3, 0.4) is 0 Å². The summed E-state index contributed by atoms with van der Waals surface area (Å²) in [6.45, 7) is 1.99. The molecule has 0 aromatic carbocycles. The lowest BCUT2D eigenvalue weighted by molar-refractivity contribution is -0.156. The van der Waals surface area contributed by atoms with Gasteiger partial charge in [0.15, 0.2) is 5.70 Å². The molecule has 0 spiro atoms. The fourth-order valence-electron chi connectivity index (χ4n) is 2.00. The molecule has 0 radical (unpaired) electrons. The van der Waals surface area contributed by atoms with Crippen molar-refractivity contribution in [2.45, 2.75) is 18.4 Å². The Balaban J connectivity index is 2.21. The Hall–Kier alpha value is -0.700. The summed E-state index contributed by atoms with van der Waals surface area (Å²) in [4.78, 5) is 24.3. The van der Waals surface area contributed by atoms with E-state index in [9.17, 15) is 19.8 Å². The molecule has 2 rings (SSSR count). The Morgan fingerprint density at radius 2 is 2.33 bits per heavy atom. The second kappa shape index (κ2) is 5.12. The molecule has 1 amide bonds. The molecule has 6 nitrogen and oxygen atoms in total. The first-order valence-electron chi connectivity index (χ1n) is 5.47. The number of fused-ring (bicyclic) bond motifs is 1. The molecule has 8 heteroatoms. The van der Waals surface area contributed by atoms with Gasteiger partial charge in [-0.1, -0.05) is 11.8 Å². The molecule has 2 heterocycles. The molecule has 0 aromatic rings. The third-order valence-electron chi connectivity index (χ3n) is 2.82. The van der Waals surface area contributed by atoms with E-state index in [1.54, 1.807) is 6.92 Å². The van der Waals surface area contributed by atoms with Crippen LogP contribution in [0.15, 0.2) is 9.93 Å². The maximum Gasteiger partial charge on any atom is 0.354 e. The summed E-state index contributed by atoms with van der Waals surface area (Å²) in [5.74, 6) is -1.33. The van der Waals surface area contributed by atoms with Crippen LogP contribution in [0.25, 0.3) is 0 Å². The number of nitrogens with zero attached hydrogens (tertiary/aromatic N) is 1. The van der Waals surface area contributed by atoms with E-state index >= 15 is 0 Å². The SMILES string of the molecule is CC(O)C1C(=O)N2C(C(=O)O)=C(SCCN)S[C@H]12. The van der Waals surface area contributed by atoms with Gasteiger partial charge in [-0.15, -0.1) is 11.8 Å². The summed E-state index contributed by atoms with van der Waals surface area (Å²) in [7, 11) is 0. The van der Waals surface area contributed by atoms with Gasteiger partial charge in [-0.3, -0.25) is 9.69 Å². The van der Waals surface area contributed by atoms with Gasteiger partial charge in [0.05, 0.1) is 16.3 Å². The summed E-state index contributed by atoms with van der Waals surface area (Å²) >= 11 is 2.67. The second-order valence-electron chi connectivity index (χ2n) is 4.06. The molecular formula is C10H14N2O4S2. The highest BCUT2D eigenvalue weighted by Crippen LogP contribution is 2.53. The highest BCUT2D eigenvalue weighted by molar-refractivity contribution is 8.22. The third kappa shape index (κ3) is 2.03. The monoisotopic (exact) mass is 290 g/mol. The van der Waals surface area contributed by atoms with E-state index in [1.165, 1.54) is 28.4 Å². The van der Waals surface area contributed by atoms with Crippen LogP contribution in [0.5, 0.6) is 0 Å². The van der Waals surface area contributed by atoms with E-state index in [0.717, 1.165) is 0 Å². The molecule has 3 atom stereocenters. The van der Waals surface area contributed by atoms with E-state index in [4.69, 9.17) is 5.73 Å². The van der Waals surface area contributed by atoms with Gasteiger partial charge in [0.2, 0.25) is 5.91 Å². The molecule has 18 heavy (non-hydrogen) atoms. The number of carbonyl (C=O) groups is 2. The number of carbonyl (C=O) groups excluding carboxylic acids is 1. The standard InChI is InChI=1S/C10H14N2O4S2/c1-4(13)5-7(14)12-6(9(15)16)10(17-3-2-11)18-8(5)12/h4-5,8,13H,2-3,11H2,1H3,(H,15,16)/t4?,5?,8-/m1/s1. The number of nitrogens with two attached hydrogens (primary N) is 1. The molecule has 0 aromatic heterocycles. The largest absolute Gasteiger partial charge is 0.477 e. The minimum atomic E-state index is -1.11. The van der Waals surface area contributed by atoms with Gasteiger partial charge in [-0.25, -0.2) is 4.79 Å². The van der Waals surface area contributed by atoms with E-state index in [1.807, 2.05) is 0 Å². The van der Waals surface area contributed by atoms with Crippen molar-refractivity contribution in [3.63, 3.8) is 0 Å². The summed E-state index contributed by atoms with van der Waals surface area (Å²) in [5, 5.41) is 18.4. The minimum Gasteiger partial charge on any atom is -0.477 e. The van der Waals surface area contributed by atoms with Crippen LogP contribution in [0, 0.1) is 5.92 Å². The zero-order valence-corrected chi connectivity index (χ0v) is 11.3. The zero-order chi connectivity index (χ0) is 13.4. The van der Waals surface area contributed by atoms with Gasteiger partial charge in [-0.2, -0.15) is 0 Å². The molecule has 100 valence electrons. The molecule has 2 aliphatic rings. The maximum atomic E-state index is 11.8. The van der Waals surface area contributed by atoms with Gasteiger partial charge in [0.25, 0.3) is 0 Å². The van der Waals surface area contributed by atoms with Crippen molar-refractivity contribution >= 4 is 35.4 Å². The highest BCUT2D eigenvalue weighted by atomic mass is 32.2. The Morgan fingerprint density at radius 3 is 2.83 bits per heavy atom. The number of hydrogen-bond donors (Lipinski definition) is 3. The molecule has 4 N–H and O–H groups in total. The van der Waals surface area contributed by atoms with Gasteiger partial charge < -0.3 is 15.9 Å². The van der Waals surface area contributed by atoms with Crippen molar-refractivity contribution in [1.82, 2.24) is 4.90 Å². The highest BCUT2D eigenvalue weighted by Gasteiger charge is 2.57. The van der Waals surface area contributed by atoms with E-state index in [0.29, 0.717) is 16.5 Å². The number of carboxylic acid groups (broad SMARTS) is 1. The predicted molar refractivity (Wildman–Crippen MR) is 69.6 cm³/mol. The summed E-state index contributed by atoms with van der Waals surface area (Å²) in [5.41, 5.74) is 5.43. The number of aliphatic hydroxyl groups is 1. The zero-order valence-electron chi connectivity index (χ0n) is 9.70. The minimum absolute atomic E-state index is 0.0327. The van der Waals surface area contributed by atoms with Crippen LogP contribution < -0.4 is 5.73 Å². The van der Waals surface area contributed by atoms with Crippen LogP contribution in [-0.4, -0.2) is 50.8 Å². The number of rotatable bonds is 5. The Morgan fingerprint density at radius 1 is 1.67 bits per heavy atom. The Kier molecular flexibility index (Phi) is 3.90. The lowest BCUT2D eigenvalue weighted by Crippen LogP contribution is -2.60. The number of thioether (sulfide) groups is 2. The molecule has 0 saturated carbocycles. The van der Waals surface area contributed by atoms with Gasteiger partial charge in [0.1, 0.15) is 5.37 Å². The van der Waals surface area contributed by atoms with Crippen LogP contribution >= 0.6 is 23.5 Å². The first kappa shape index (κ1) is 13.7. The number of β-lactam (4-membered cyclic amide) rings is 1. The van der Waals surface area contributed by atoms with Crippen molar-refractivity contribution in [3.8, 4) is 0 Å². The van der Waals surface area contributed by atoms with Gasteiger partial charge in [0, 0.05) is 12.3 Å². The van der Waals surface area contributed by atoms with Crippen molar-refractivity contribution in [1.29, 1.82) is 0 Å². The topological polar surface area (TPSA) is 104 Å². The fraction of sp³-hybridized carbons (Fsp3) is 0.600. The second-order valence-corrected chi connectivity index (χ2v) is 6.55. The number of amides is 1. The predicted octanol–water partition coefficient (Wildman–Crippen LogP) is -0.156. The van der Waals surface area contributed by atoms with Crippen molar-refractivity contribution in [2.24, 2.45) is 11.7 Å². The van der Waals surface area contributed by atoms with Crippen LogP contribution in [0.4, 0.5) is 0 Å². The van der Waals surface area contributed by atoms with Crippen LogP contribution in [0.1, 0.15) is 6.92 Å². The number of carboxylic acids is 1. The van der Waals surface area contributed by atoms with Crippen molar-refractivity contribution < 1.29 is 19.8 Å². The molecule has 1 fully saturated rings. The number of hydrogen-bond acceptors (Lipinski definition) is 6. The van der Waals surface area contributed by atoms with Gasteiger partial charge in [-0.05, 0) is 6.92 Å². The quantitative estimate of drug-likeness (QED) is 0.605. The van der Waals surface area contributed by atoms with Crippen LogP contribution in [0.2, 0.25) is 0 Å². The lowest BCUT2D eigenvalue weighted by Gasteiger charge is -2.43. The molecule has 0 bridgehead atoms. The average Bonchev–Trinajstić information content (AvgIpc) is 2.60. The van der Waals surface area contributed by atoms with E-state index < -0.39 is 18.0 Å². The third-order valence-corrected chi connectivity index (χ3v) is 5.51. The first-order chi connectivity index (χ1) is 8.49. The summed E-state index contributed by atoms with van der Waals surface area (Å²) in [6, 6.07) is 0. The number of aliphatic carboxylic acids is 1. The maximum absolute atomic E-state index is 11.8. The van der Waals surface area contributed by atoms with Crippen molar-refractivity contribution in [3.05, 3.63) is 9.93 Å². The molecule has 0 aliphatic carbocycles. The van der Waals surface area contributed by atoms with Crippen molar-refractivity contribution in [2.75, 3.05) is 12.3 Å². The summed E-state index contributed by atoms with van der Waals surface area (Å²) < 4.78 is 0.606. The van der Waals surface area contributed by atoms with Crippen LogP contribution in [-0.2, 0) is 9.59 Å². The molecule has 2 unspecified atom stereocenters. The molecule has 2 aliphatic heterocycles. The Labute approximate surface area is 113 Å². The normalized spacial score (nSPS) is 28.2. The summed E-state index contributed by atoms with van der Waals surface area (Å²) in [6.07, 6.45) is -0.764. The lowest BCUT2D eigenvalue weighted by atomic mass is 9.92. The smallest absolute Gasteiger partial charge is 0.354 e.